The zero-order valence-electron chi connectivity index (χ0n) is 13.1. The highest BCUT2D eigenvalue weighted by molar-refractivity contribution is 7.99. The van der Waals surface area contributed by atoms with E-state index < -0.39 is 5.91 Å². The topological polar surface area (TPSA) is 84.0 Å². The number of amides is 2. The fraction of sp³-hybridized carbons (Fsp3) is 0.250. The second kappa shape index (κ2) is 9.24. The molecule has 0 aliphatic heterocycles. The minimum absolute atomic E-state index is 0.0674. The second-order valence-electron chi connectivity index (χ2n) is 4.79. The number of aromatic nitrogens is 2. The van der Waals surface area contributed by atoms with E-state index in [9.17, 15) is 9.59 Å². The number of nitrogens with one attached hydrogen (secondary N) is 2. The molecule has 1 aromatic carbocycles. The molecule has 0 radical (unpaired) electrons. The third kappa shape index (κ3) is 5.50. The predicted molar refractivity (Wildman–Crippen MR) is 95.5 cm³/mol. The van der Waals surface area contributed by atoms with Crippen LogP contribution in [0.5, 0.6) is 0 Å². The van der Waals surface area contributed by atoms with Crippen molar-refractivity contribution in [3.8, 4) is 0 Å². The zero-order valence-corrected chi connectivity index (χ0v) is 14.7. The summed E-state index contributed by atoms with van der Waals surface area (Å²) in [5, 5.41) is 5.82. The first kappa shape index (κ1) is 18.2. The van der Waals surface area contributed by atoms with Crippen molar-refractivity contribution in [3.63, 3.8) is 0 Å². The average molecular weight is 365 g/mol. The Morgan fingerprint density at radius 3 is 2.71 bits per heavy atom. The van der Waals surface area contributed by atoms with Gasteiger partial charge in [0.1, 0.15) is 0 Å². The summed E-state index contributed by atoms with van der Waals surface area (Å²) >= 11 is 7.42. The number of hydrogen-bond donors (Lipinski definition) is 2. The first-order valence-corrected chi connectivity index (χ1v) is 8.75. The van der Waals surface area contributed by atoms with E-state index in [1.807, 2.05) is 25.1 Å². The summed E-state index contributed by atoms with van der Waals surface area (Å²) < 4.78 is 0. The Bertz CT molecular complexity index is 712. The van der Waals surface area contributed by atoms with Crippen molar-refractivity contribution < 1.29 is 9.59 Å². The van der Waals surface area contributed by atoms with Crippen LogP contribution in [0.2, 0.25) is 5.02 Å². The van der Waals surface area contributed by atoms with Gasteiger partial charge < -0.3 is 10.6 Å². The van der Waals surface area contributed by atoms with Gasteiger partial charge in [-0.05, 0) is 18.6 Å². The Balaban J connectivity index is 1.93. The largest absolute Gasteiger partial charge is 0.342 e. The zero-order chi connectivity index (χ0) is 17.4. The van der Waals surface area contributed by atoms with E-state index in [0.29, 0.717) is 10.8 Å². The van der Waals surface area contributed by atoms with E-state index in [2.05, 4.69) is 20.6 Å². The molecule has 2 aromatic rings. The number of para-hydroxylation sites is 1. The number of hydrogen-bond acceptors (Lipinski definition) is 5. The molecule has 0 saturated carbocycles. The number of anilines is 1. The fourth-order valence-corrected chi connectivity index (χ4v) is 2.59. The first-order chi connectivity index (χ1) is 11.6. The summed E-state index contributed by atoms with van der Waals surface area (Å²) in [6, 6.07) is 8.99. The number of halogens is 1. The summed E-state index contributed by atoms with van der Waals surface area (Å²) in [7, 11) is 0. The number of carbonyl (C=O) groups is 2. The van der Waals surface area contributed by atoms with Gasteiger partial charge in [0.05, 0.1) is 17.8 Å². The van der Waals surface area contributed by atoms with Crippen LogP contribution in [0.1, 0.15) is 23.8 Å². The summed E-state index contributed by atoms with van der Waals surface area (Å²) in [6.07, 6.45) is 2.36. The Hall–Kier alpha value is -2.12. The molecular formula is C16H17ClN4O2S. The van der Waals surface area contributed by atoms with Crippen LogP contribution in [0.4, 0.5) is 5.69 Å². The highest BCUT2D eigenvalue weighted by atomic mass is 35.5. The summed E-state index contributed by atoms with van der Waals surface area (Å²) in [5.74, 6) is 0.00611. The molecule has 8 heteroatoms. The molecule has 1 heterocycles. The minimum Gasteiger partial charge on any atom is -0.342 e. The molecule has 0 fully saturated rings. The SMILES string of the molecule is CCCSc1ncc(Cl)c(C(=O)NCC(=O)Nc2ccccc2)n1. The molecule has 2 amide bonds. The smallest absolute Gasteiger partial charge is 0.272 e. The first-order valence-electron chi connectivity index (χ1n) is 7.38. The minimum atomic E-state index is -0.510. The highest BCUT2D eigenvalue weighted by Crippen LogP contribution is 2.18. The summed E-state index contributed by atoms with van der Waals surface area (Å²) in [5.41, 5.74) is 0.729. The maximum Gasteiger partial charge on any atom is 0.272 e. The standard InChI is InChI=1S/C16H17ClN4O2S/c1-2-8-24-16-19-9-12(17)14(21-16)15(23)18-10-13(22)20-11-6-4-3-5-7-11/h3-7,9H,2,8,10H2,1H3,(H,18,23)(H,20,22). The molecular weight excluding hydrogens is 348 g/mol. The van der Waals surface area contributed by atoms with Crippen LogP contribution >= 0.6 is 23.4 Å². The van der Waals surface area contributed by atoms with Gasteiger partial charge in [-0.3, -0.25) is 9.59 Å². The molecule has 0 unspecified atom stereocenters. The van der Waals surface area contributed by atoms with E-state index in [4.69, 9.17) is 11.6 Å². The van der Waals surface area contributed by atoms with Gasteiger partial charge in [-0.15, -0.1) is 0 Å². The van der Waals surface area contributed by atoms with E-state index in [-0.39, 0.29) is 23.2 Å². The van der Waals surface area contributed by atoms with Crippen molar-refractivity contribution in [1.82, 2.24) is 15.3 Å². The summed E-state index contributed by atoms with van der Waals surface area (Å²) in [6.45, 7) is 1.87. The van der Waals surface area contributed by atoms with Gasteiger partial charge in [0, 0.05) is 11.4 Å². The van der Waals surface area contributed by atoms with E-state index in [1.54, 1.807) is 12.1 Å². The lowest BCUT2D eigenvalue weighted by Gasteiger charge is -2.08. The number of thioether (sulfide) groups is 1. The van der Waals surface area contributed by atoms with Crippen LogP contribution in [-0.2, 0) is 4.79 Å². The molecule has 24 heavy (non-hydrogen) atoms. The summed E-state index contributed by atoms with van der Waals surface area (Å²) in [4.78, 5) is 32.2. The van der Waals surface area contributed by atoms with Crippen molar-refractivity contribution in [2.75, 3.05) is 17.6 Å². The van der Waals surface area contributed by atoms with Gasteiger partial charge in [0.15, 0.2) is 10.9 Å². The van der Waals surface area contributed by atoms with Crippen LogP contribution in [0, 0.1) is 0 Å². The Kier molecular flexibility index (Phi) is 7.02. The van der Waals surface area contributed by atoms with Crippen molar-refractivity contribution >= 4 is 40.9 Å². The molecule has 126 valence electrons. The van der Waals surface area contributed by atoms with Crippen molar-refractivity contribution in [2.45, 2.75) is 18.5 Å². The molecule has 0 aliphatic carbocycles. The van der Waals surface area contributed by atoms with Crippen LogP contribution in [0.15, 0.2) is 41.7 Å². The maximum absolute atomic E-state index is 12.2. The lowest BCUT2D eigenvalue weighted by Crippen LogP contribution is -2.33. The number of benzene rings is 1. The van der Waals surface area contributed by atoms with Crippen LogP contribution in [0.3, 0.4) is 0 Å². The molecule has 2 rings (SSSR count). The lowest BCUT2D eigenvalue weighted by molar-refractivity contribution is -0.115. The number of rotatable bonds is 7. The van der Waals surface area contributed by atoms with E-state index in [1.165, 1.54) is 18.0 Å². The van der Waals surface area contributed by atoms with Gasteiger partial charge in [-0.1, -0.05) is 48.5 Å². The lowest BCUT2D eigenvalue weighted by atomic mass is 10.3. The predicted octanol–water partition coefficient (Wildman–Crippen LogP) is 3.00. The van der Waals surface area contributed by atoms with Gasteiger partial charge in [0.25, 0.3) is 5.91 Å². The van der Waals surface area contributed by atoms with Gasteiger partial charge >= 0.3 is 0 Å². The van der Waals surface area contributed by atoms with Gasteiger partial charge in [0.2, 0.25) is 5.91 Å². The Morgan fingerprint density at radius 1 is 1.25 bits per heavy atom. The van der Waals surface area contributed by atoms with Crippen molar-refractivity contribution in [3.05, 3.63) is 47.2 Å². The Labute approximate surface area is 149 Å². The molecule has 2 N–H and O–H groups in total. The molecule has 0 atom stereocenters. The van der Waals surface area contributed by atoms with E-state index >= 15 is 0 Å². The average Bonchev–Trinajstić information content (AvgIpc) is 2.60. The maximum atomic E-state index is 12.2. The monoisotopic (exact) mass is 364 g/mol. The van der Waals surface area contributed by atoms with E-state index in [0.717, 1.165) is 12.2 Å². The van der Waals surface area contributed by atoms with Crippen LogP contribution in [-0.4, -0.2) is 34.1 Å². The molecule has 0 spiro atoms. The fourth-order valence-electron chi connectivity index (χ4n) is 1.74. The number of carbonyl (C=O) groups excluding carboxylic acids is 2. The molecule has 6 nitrogen and oxygen atoms in total. The molecule has 0 aliphatic rings. The Morgan fingerprint density at radius 2 is 2.00 bits per heavy atom. The molecule has 1 aromatic heterocycles. The normalized spacial score (nSPS) is 10.2. The van der Waals surface area contributed by atoms with Crippen LogP contribution < -0.4 is 10.6 Å². The second-order valence-corrected chi connectivity index (χ2v) is 6.26. The van der Waals surface area contributed by atoms with Crippen molar-refractivity contribution in [2.24, 2.45) is 0 Å². The quantitative estimate of drug-likeness (QED) is 0.582. The number of nitrogens with zero attached hydrogens (tertiary/aromatic N) is 2. The third-order valence-electron chi connectivity index (χ3n) is 2.84. The van der Waals surface area contributed by atoms with Gasteiger partial charge in [-0.25, -0.2) is 9.97 Å². The third-order valence-corrected chi connectivity index (χ3v) is 4.18. The van der Waals surface area contributed by atoms with Crippen LogP contribution in [0.25, 0.3) is 0 Å². The van der Waals surface area contributed by atoms with Gasteiger partial charge in [-0.2, -0.15) is 0 Å². The molecule has 0 saturated heterocycles. The highest BCUT2D eigenvalue weighted by Gasteiger charge is 2.15. The van der Waals surface area contributed by atoms with Crippen molar-refractivity contribution in [1.29, 1.82) is 0 Å². The molecule has 0 bridgehead atoms.